The van der Waals surface area contributed by atoms with Crippen molar-refractivity contribution < 1.29 is 13.2 Å². The number of ether oxygens (including phenoxy) is 1. The van der Waals surface area contributed by atoms with Crippen LogP contribution in [0.4, 0.5) is 0 Å². The Morgan fingerprint density at radius 2 is 1.75 bits per heavy atom. The van der Waals surface area contributed by atoms with Crippen molar-refractivity contribution in [2.75, 3.05) is 7.11 Å². The lowest BCUT2D eigenvalue weighted by molar-refractivity contribution is 0.414. The molecule has 0 aliphatic carbocycles. The van der Waals surface area contributed by atoms with E-state index in [1.54, 1.807) is 19.1 Å². The van der Waals surface area contributed by atoms with Gasteiger partial charge >= 0.3 is 5.69 Å². The van der Waals surface area contributed by atoms with Crippen LogP contribution in [0.15, 0.2) is 26.9 Å². The quantitative estimate of drug-likeness (QED) is 0.614. The molecule has 2 aromatic heterocycles. The lowest BCUT2D eigenvalue weighted by atomic mass is 10.1. The van der Waals surface area contributed by atoms with Crippen molar-refractivity contribution in [2.45, 2.75) is 17.8 Å². The molecule has 2 heterocycles. The molecule has 3 rings (SSSR count). The average molecular weight is 427 g/mol. The van der Waals surface area contributed by atoms with E-state index >= 15 is 0 Å². The Morgan fingerprint density at radius 3 is 2.36 bits per heavy atom. The van der Waals surface area contributed by atoms with E-state index in [-0.39, 0.29) is 22.1 Å². The Balaban J connectivity index is 2.21. The predicted octanol–water partition coefficient (Wildman–Crippen LogP) is 0.915. The molecule has 1 aromatic carbocycles. The van der Waals surface area contributed by atoms with Crippen LogP contribution in [0.25, 0.3) is 11.2 Å². The first-order valence-corrected chi connectivity index (χ1v) is 10.2. The third-order valence-electron chi connectivity index (χ3n) is 4.67. The highest BCUT2D eigenvalue weighted by molar-refractivity contribution is 7.90. The van der Waals surface area contributed by atoms with Crippen molar-refractivity contribution in [1.82, 2.24) is 18.7 Å². The molecule has 0 saturated heterocycles. The minimum atomic E-state index is -3.94. The number of hydrogen-bond acceptors (Lipinski definition) is 6. The second-order valence-corrected chi connectivity index (χ2v) is 8.79. The van der Waals surface area contributed by atoms with Crippen molar-refractivity contribution in [3.8, 4) is 5.75 Å². The fourth-order valence-electron chi connectivity index (χ4n) is 3.05. The van der Waals surface area contributed by atoms with Crippen molar-refractivity contribution in [2.24, 2.45) is 21.1 Å². The Hall–Kier alpha value is -2.59. The molecular weight excluding hydrogens is 408 g/mol. The van der Waals surface area contributed by atoms with E-state index in [0.717, 1.165) is 9.13 Å². The topological polar surface area (TPSA) is 105 Å². The largest absolute Gasteiger partial charge is 0.495 e. The number of aryl methyl sites for hydroxylation is 3. The molecule has 0 saturated carbocycles. The molecule has 9 nitrogen and oxygen atoms in total. The van der Waals surface area contributed by atoms with E-state index in [1.807, 2.05) is 0 Å². The van der Waals surface area contributed by atoms with Gasteiger partial charge in [-0.3, -0.25) is 13.9 Å². The summed E-state index contributed by atoms with van der Waals surface area (Å²) < 4.78 is 34.6. The lowest BCUT2D eigenvalue weighted by Crippen LogP contribution is -2.37. The highest BCUT2D eigenvalue weighted by atomic mass is 35.5. The van der Waals surface area contributed by atoms with E-state index in [0.29, 0.717) is 21.9 Å². The van der Waals surface area contributed by atoms with Gasteiger partial charge in [-0.1, -0.05) is 11.6 Å². The van der Waals surface area contributed by atoms with Crippen LogP contribution in [-0.2, 0) is 36.7 Å². The van der Waals surface area contributed by atoms with Crippen LogP contribution < -0.4 is 16.0 Å². The molecule has 0 aliphatic heterocycles. The standard InChI is InChI=1S/C17H19ClN4O5S/c1-9-6-11(18)12(27-5)7-10(9)8-28(25,26)16-19-14-13(20(16)2)15(23)22(4)17(24)21(14)3/h6-7H,8H2,1-5H3. The van der Waals surface area contributed by atoms with Crippen LogP contribution in [0, 0.1) is 6.92 Å². The average Bonchev–Trinajstić information content (AvgIpc) is 2.98. The molecule has 150 valence electrons. The maximum atomic E-state index is 13.1. The van der Waals surface area contributed by atoms with Crippen molar-refractivity contribution in [1.29, 1.82) is 0 Å². The zero-order valence-electron chi connectivity index (χ0n) is 16.0. The summed E-state index contributed by atoms with van der Waals surface area (Å²) in [5, 5.41) is 0.0801. The summed E-state index contributed by atoms with van der Waals surface area (Å²) in [6, 6.07) is 3.19. The van der Waals surface area contributed by atoms with Crippen LogP contribution in [0.3, 0.4) is 0 Å². The zero-order valence-corrected chi connectivity index (χ0v) is 17.6. The fourth-order valence-corrected chi connectivity index (χ4v) is 4.93. The van der Waals surface area contributed by atoms with Gasteiger partial charge in [0.1, 0.15) is 5.75 Å². The van der Waals surface area contributed by atoms with Crippen molar-refractivity contribution in [3.05, 3.63) is 49.1 Å². The number of fused-ring (bicyclic) bond motifs is 1. The van der Waals surface area contributed by atoms with Gasteiger partial charge in [-0.25, -0.2) is 13.2 Å². The monoisotopic (exact) mass is 426 g/mol. The predicted molar refractivity (Wildman–Crippen MR) is 105 cm³/mol. The van der Waals surface area contributed by atoms with Gasteiger partial charge in [0.25, 0.3) is 5.56 Å². The van der Waals surface area contributed by atoms with Gasteiger partial charge in [-0.15, -0.1) is 0 Å². The second kappa shape index (κ2) is 6.78. The molecule has 0 atom stereocenters. The maximum Gasteiger partial charge on any atom is 0.332 e. The minimum absolute atomic E-state index is 0.0135. The Bertz CT molecular complexity index is 1330. The first-order valence-electron chi connectivity index (χ1n) is 8.17. The highest BCUT2D eigenvalue weighted by Gasteiger charge is 2.27. The Morgan fingerprint density at radius 1 is 1.11 bits per heavy atom. The third-order valence-corrected chi connectivity index (χ3v) is 6.58. The molecule has 0 bridgehead atoms. The number of hydrogen-bond donors (Lipinski definition) is 0. The third kappa shape index (κ3) is 3.02. The van der Waals surface area contributed by atoms with Crippen LogP contribution in [0.1, 0.15) is 11.1 Å². The number of benzene rings is 1. The molecule has 28 heavy (non-hydrogen) atoms. The van der Waals surface area contributed by atoms with Gasteiger partial charge in [0.2, 0.25) is 15.0 Å². The van der Waals surface area contributed by atoms with Gasteiger partial charge in [0.05, 0.1) is 17.9 Å². The number of imidazole rings is 1. The molecule has 0 aliphatic rings. The van der Waals surface area contributed by atoms with E-state index in [2.05, 4.69) is 4.98 Å². The normalized spacial score (nSPS) is 11.9. The Kier molecular flexibility index (Phi) is 4.88. The summed E-state index contributed by atoms with van der Waals surface area (Å²) >= 11 is 6.07. The number of rotatable bonds is 4. The SMILES string of the molecule is COc1cc(CS(=O)(=O)c2nc3c(c(=O)n(C)c(=O)n3C)n2C)c(C)cc1Cl. The summed E-state index contributed by atoms with van der Waals surface area (Å²) in [6.45, 7) is 1.74. The number of sulfone groups is 1. The lowest BCUT2D eigenvalue weighted by Gasteiger charge is -2.11. The molecule has 0 N–H and O–H groups in total. The summed E-state index contributed by atoms with van der Waals surface area (Å²) in [5.41, 5.74) is 0.0245. The number of nitrogens with zero attached hydrogens (tertiary/aromatic N) is 4. The van der Waals surface area contributed by atoms with Gasteiger partial charge < -0.3 is 9.30 Å². The summed E-state index contributed by atoms with van der Waals surface area (Å²) in [4.78, 5) is 28.7. The van der Waals surface area contributed by atoms with Gasteiger partial charge in [0, 0.05) is 21.1 Å². The molecule has 0 spiro atoms. The summed E-state index contributed by atoms with van der Waals surface area (Å²) in [6.07, 6.45) is 0. The van der Waals surface area contributed by atoms with Gasteiger partial charge in [0.15, 0.2) is 11.2 Å². The molecule has 0 unspecified atom stereocenters. The number of halogens is 1. The number of methoxy groups -OCH3 is 1. The summed E-state index contributed by atoms with van der Waals surface area (Å²) in [7, 11) is 1.70. The van der Waals surface area contributed by atoms with Gasteiger partial charge in [-0.2, -0.15) is 4.98 Å². The van der Waals surface area contributed by atoms with Crippen LogP contribution in [-0.4, -0.2) is 34.2 Å². The highest BCUT2D eigenvalue weighted by Crippen LogP contribution is 2.30. The molecule has 0 fully saturated rings. The van der Waals surface area contributed by atoms with E-state index < -0.39 is 21.1 Å². The smallest absolute Gasteiger partial charge is 0.332 e. The van der Waals surface area contributed by atoms with Crippen LogP contribution in [0.5, 0.6) is 5.75 Å². The molecule has 0 radical (unpaired) electrons. The van der Waals surface area contributed by atoms with E-state index in [1.165, 1.54) is 32.8 Å². The van der Waals surface area contributed by atoms with E-state index in [4.69, 9.17) is 16.3 Å². The molecular formula is C17H19ClN4O5S. The Labute approximate surface area is 165 Å². The second-order valence-electron chi connectivity index (χ2n) is 6.50. The van der Waals surface area contributed by atoms with Crippen molar-refractivity contribution >= 4 is 32.6 Å². The van der Waals surface area contributed by atoms with Crippen LogP contribution in [0.2, 0.25) is 5.02 Å². The summed E-state index contributed by atoms with van der Waals surface area (Å²) in [5.74, 6) is -0.00337. The zero-order chi connectivity index (χ0) is 21.0. The molecule has 11 heteroatoms. The first-order chi connectivity index (χ1) is 13.0. The van der Waals surface area contributed by atoms with Crippen molar-refractivity contribution in [3.63, 3.8) is 0 Å². The maximum absolute atomic E-state index is 13.1. The molecule has 0 amide bonds. The van der Waals surface area contributed by atoms with Gasteiger partial charge in [-0.05, 0) is 30.2 Å². The first kappa shape index (κ1) is 20.2. The minimum Gasteiger partial charge on any atom is -0.495 e. The van der Waals surface area contributed by atoms with Crippen LogP contribution >= 0.6 is 11.6 Å². The fraction of sp³-hybridized carbons (Fsp3) is 0.353. The number of aromatic nitrogens is 4. The molecule has 3 aromatic rings. The van der Waals surface area contributed by atoms with E-state index in [9.17, 15) is 18.0 Å².